The molecule has 1 unspecified atom stereocenters. The average Bonchev–Trinajstić information content (AvgIpc) is 2.18. The van der Waals surface area contributed by atoms with Gasteiger partial charge in [0, 0.05) is 13.0 Å². The van der Waals surface area contributed by atoms with Crippen molar-refractivity contribution in [2.24, 2.45) is 0 Å². The zero-order valence-electron chi connectivity index (χ0n) is 8.98. The normalized spacial score (nSPS) is 12.5. The topological polar surface area (TPSA) is 38.7 Å². The minimum absolute atomic E-state index is 0.414. The first-order chi connectivity index (χ1) is 7.22. The van der Waals surface area contributed by atoms with Crippen molar-refractivity contribution in [1.29, 1.82) is 0 Å². The second-order valence-corrected chi connectivity index (χ2v) is 3.29. The van der Waals surface area contributed by atoms with Crippen molar-refractivity contribution in [3.05, 3.63) is 36.8 Å². The van der Waals surface area contributed by atoms with Crippen molar-refractivity contribution in [3.8, 4) is 5.75 Å². The molecule has 0 aliphatic heterocycles. The Morgan fingerprint density at radius 2 is 2.27 bits per heavy atom. The molecule has 3 heteroatoms. The van der Waals surface area contributed by atoms with Gasteiger partial charge in [-0.15, -0.1) is 0 Å². The van der Waals surface area contributed by atoms with Gasteiger partial charge in [0.05, 0.1) is 6.61 Å². The van der Waals surface area contributed by atoms with E-state index in [1.807, 2.05) is 31.2 Å². The minimum atomic E-state index is -0.821. The molecule has 1 atom stereocenters. The molecule has 0 saturated heterocycles. The van der Waals surface area contributed by atoms with Crippen LogP contribution in [-0.4, -0.2) is 24.6 Å². The smallest absolute Gasteiger partial charge is 0.199 e. The van der Waals surface area contributed by atoms with Crippen LogP contribution < -0.4 is 4.74 Å². The highest BCUT2D eigenvalue weighted by Crippen LogP contribution is 2.14. The Balaban J connectivity index is 2.34. The number of aliphatic hydroxyl groups excluding tert-OH is 1. The summed E-state index contributed by atoms with van der Waals surface area (Å²) < 4.78 is 10.3. The standard InChI is InChI=1S/C12H17O3/c1-3-14-8-7-12(13)15-11-6-4-5-10(2)9-11/h4-6,9,12-13H,1,3,7-8H2,2H3. The van der Waals surface area contributed by atoms with E-state index >= 15 is 0 Å². The first-order valence-electron chi connectivity index (χ1n) is 5.00. The fraction of sp³-hybridized carbons (Fsp3) is 0.417. The highest BCUT2D eigenvalue weighted by Gasteiger charge is 2.05. The molecule has 1 aromatic carbocycles. The second kappa shape index (κ2) is 6.43. The summed E-state index contributed by atoms with van der Waals surface area (Å²) in [6.07, 6.45) is -0.373. The first kappa shape index (κ1) is 12.0. The number of benzene rings is 1. The highest BCUT2D eigenvalue weighted by molar-refractivity contribution is 5.27. The summed E-state index contributed by atoms with van der Waals surface area (Å²) in [5, 5.41) is 9.50. The second-order valence-electron chi connectivity index (χ2n) is 3.29. The summed E-state index contributed by atoms with van der Waals surface area (Å²) in [6, 6.07) is 7.57. The van der Waals surface area contributed by atoms with Crippen LogP contribution in [-0.2, 0) is 4.74 Å². The van der Waals surface area contributed by atoms with Crippen LogP contribution in [0, 0.1) is 13.8 Å². The van der Waals surface area contributed by atoms with Crippen molar-refractivity contribution < 1.29 is 14.6 Å². The van der Waals surface area contributed by atoms with E-state index in [-0.39, 0.29) is 0 Å². The molecule has 0 amide bonds. The summed E-state index contributed by atoms with van der Waals surface area (Å²) in [7, 11) is 0. The zero-order valence-corrected chi connectivity index (χ0v) is 8.98. The van der Waals surface area contributed by atoms with E-state index in [2.05, 4.69) is 6.92 Å². The van der Waals surface area contributed by atoms with Crippen LogP contribution in [0.25, 0.3) is 0 Å². The number of aliphatic hydroxyl groups is 1. The minimum Gasteiger partial charge on any atom is -0.465 e. The molecule has 0 spiro atoms. The Morgan fingerprint density at radius 3 is 2.93 bits per heavy atom. The molecule has 15 heavy (non-hydrogen) atoms. The molecule has 0 aliphatic rings. The SMILES string of the molecule is [CH2]COCCC(O)Oc1cccc(C)c1. The fourth-order valence-corrected chi connectivity index (χ4v) is 1.19. The van der Waals surface area contributed by atoms with Gasteiger partial charge in [-0.05, 0) is 31.5 Å². The van der Waals surface area contributed by atoms with Crippen LogP contribution in [0.15, 0.2) is 24.3 Å². The lowest BCUT2D eigenvalue weighted by Gasteiger charge is -2.13. The van der Waals surface area contributed by atoms with Gasteiger partial charge in [-0.25, -0.2) is 0 Å². The molecule has 0 fully saturated rings. The Labute approximate surface area is 90.6 Å². The molecule has 1 rings (SSSR count). The number of hydrogen-bond acceptors (Lipinski definition) is 3. The quantitative estimate of drug-likeness (QED) is 0.574. The molecular weight excluding hydrogens is 192 g/mol. The maximum absolute atomic E-state index is 9.50. The van der Waals surface area contributed by atoms with Gasteiger partial charge in [0.15, 0.2) is 6.29 Å². The van der Waals surface area contributed by atoms with Crippen molar-refractivity contribution in [3.63, 3.8) is 0 Å². The lowest BCUT2D eigenvalue weighted by Crippen LogP contribution is -2.18. The van der Waals surface area contributed by atoms with Crippen LogP contribution in [0.5, 0.6) is 5.75 Å². The maximum atomic E-state index is 9.50. The molecule has 1 radical (unpaired) electrons. The predicted molar refractivity (Wildman–Crippen MR) is 58.6 cm³/mol. The molecular formula is C12H17O3. The van der Waals surface area contributed by atoms with E-state index in [1.54, 1.807) is 0 Å². The van der Waals surface area contributed by atoms with Crippen LogP contribution in [0.4, 0.5) is 0 Å². The van der Waals surface area contributed by atoms with Crippen LogP contribution >= 0.6 is 0 Å². The van der Waals surface area contributed by atoms with Gasteiger partial charge in [-0.2, -0.15) is 0 Å². The molecule has 83 valence electrons. The van der Waals surface area contributed by atoms with Crippen molar-refractivity contribution in [1.82, 2.24) is 0 Å². The van der Waals surface area contributed by atoms with Gasteiger partial charge in [-0.3, -0.25) is 0 Å². The molecule has 0 aliphatic carbocycles. The molecule has 1 aromatic rings. The van der Waals surface area contributed by atoms with E-state index in [4.69, 9.17) is 9.47 Å². The Hall–Kier alpha value is -1.06. The molecule has 0 bridgehead atoms. The van der Waals surface area contributed by atoms with Crippen LogP contribution in [0.2, 0.25) is 0 Å². The molecule has 3 nitrogen and oxygen atoms in total. The summed E-state index contributed by atoms with van der Waals surface area (Å²) in [5.41, 5.74) is 1.11. The van der Waals surface area contributed by atoms with Gasteiger partial charge >= 0.3 is 0 Å². The first-order valence-corrected chi connectivity index (χ1v) is 5.00. The number of ether oxygens (including phenoxy) is 2. The Morgan fingerprint density at radius 1 is 1.47 bits per heavy atom. The van der Waals surface area contributed by atoms with Crippen molar-refractivity contribution in [2.45, 2.75) is 19.6 Å². The summed E-state index contributed by atoms with van der Waals surface area (Å²) in [4.78, 5) is 0. The summed E-state index contributed by atoms with van der Waals surface area (Å²) in [6.45, 7) is 6.38. The number of rotatable bonds is 6. The van der Waals surface area contributed by atoms with Crippen molar-refractivity contribution in [2.75, 3.05) is 13.2 Å². The van der Waals surface area contributed by atoms with Crippen LogP contribution in [0.3, 0.4) is 0 Å². The monoisotopic (exact) mass is 209 g/mol. The molecule has 0 aromatic heterocycles. The van der Waals surface area contributed by atoms with Gasteiger partial charge < -0.3 is 14.6 Å². The van der Waals surface area contributed by atoms with E-state index in [0.29, 0.717) is 25.4 Å². The van der Waals surface area contributed by atoms with Gasteiger partial charge in [-0.1, -0.05) is 12.1 Å². The lowest BCUT2D eigenvalue weighted by atomic mass is 10.2. The average molecular weight is 209 g/mol. The Bertz CT molecular complexity index is 286. The summed E-state index contributed by atoms with van der Waals surface area (Å²) >= 11 is 0. The Kier molecular flexibility index (Phi) is 5.15. The van der Waals surface area contributed by atoms with Gasteiger partial charge in [0.1, 0.15) is 5.75 Å². The lowest BCUT2D eigenvalue weighted by molar-refractivity contribution is -0.0394. The highest BCUT2D eigenvalue weighted by atomic mass is 16.6. The van der Waals surface area contributed by atoms with E-state index < -0.39 is 6.29 Å². The molecule has 0 heterocycles. The van der Waals surface area contributed by atoms with E-state index in [1.165, 1.54) is 0 Å². The fourth-order valence-electron chi connectivity index (χ4n) is 1.19. The van der Waals surface area contributed by atoms with Crippen LogP contribution in [0.1, 0.15) is 12.0 Å². The zero-order chi connectivity index (χ0) is 11.1. The van der Waals surface area contributed by atoms with Crippen molar-refractivity contribution >= 4 is 0 Å². The van der Waals surface area contributed by atoms with E-state index in [9.17, 15) is 5.11 Å². The predicted octanol–water partition coefficient (Wildman–Crippen LogP) is 1.93. The summed E-state index contributed by atoms with van der Waals surface area (Å²) in [5.74, 6) is 0.678. The number of hydrogen-bond donors (Lipinski definition) is 1. The van der Waals surface area contributed by atoms with Gasteiger partial charge in [0.2, 0.25) is 0 Å². The maximum Gasteiger partial charge on any atom is 0.199 e. The van der Waals surface area contributed by atoms with Gasteiger partial charge in [0.25, 0.3) is 0 Å². The molecule has 1 N–H and O–H groups in total. The molecule has 0 saturated carbocycles. The third-order valence-corrected chi connectivity index (χ3v) is 1.92. The van der Waals surface area contributed by atoms with E-state index in [0.717, 1.165) is 5.56 Å². The third-order valence-electron chi connectivity index (χ3n) is 1.92. The number of aryl methyl sites for hydroxylation is 1. The third kappa shape index (κ3) is 4.81. The largest absolute Gasteiger partial charge is 0.465 e.